The zero-order valence-corrected chi connectivity index (χ0v) is 23.8. The predicted molar refractivity (Wildman–Crippen MR) is 165 cm³/mol. The average molecular weight is 565 g/mol. The number of ether oxygens (including phenoxy) is 1. The van der Waals surface area contributed by atoms with E-state index in [1.807, 2.05) is 54.0 Å². The molecular weight excluding hydrogens is 532 g/mol. The standard InChI is InChI=1S/C32H32N6O2S/c1-5-20(3)35-23-13-9-10-14-24(23)37-31(39)30-29-28-25(15-16-33-32(28)41-30)38(21(4)36-29)26-18-34-27(17-19(26)2)40-22-11-7-6-8-12-22/h5-8,11-12,15-18,23-24,35-36H,1,3-4,9-10,13-14H2,2H3,(H,37,39)/t23?,24-/m1/s1. The van der Waals surface area contributed by atoms with Gasteiger partial charge >= 0.3 is 0 Å². The number of nitrogens with zero attached hydrogens (tertiary/aromatic N) is 3. The summed E-state index contributed by atoms with van der Waals surface area (Å²) in [5.41, 5.74) is 4.84. The van der Waals surface area contributed by atoms with Crippen molar-refractivity contribution in [2.75, 3.05) is 0 Å². The van der Waals surface area contributed by atoms with Crippen molar-refractivity contribution < 1.29 is 9.53 Å². The number of carbonyl (C=O) groups excluding carboxylic acids is 1. The molecule has 2 atom stereocenters. The van der Waals surface area contributed by atoms with E-state index in [1.54, 1.807) is 18.5 Å². The molecule has 1 amide bonds. The van der Waals surface area contributed by atoms with Gasteiger partial charge in [0.2, 0.25) is 5.88 Å². The van der Waals surface area contributed by atoms with Gasteiger partial charge in [-0.2, -0.15) is 0 Å². The van der Waals surface area contributed by atoms with Gasteiger partial charge in [0, 0.05) is 30.0 Å². The van der Waals surface area contributed by atoms with Crippen LogP contribution in [0.3, 0.4) is 0 Å². The summed E-state index contributed by atoms with van der Waals surface area (Å²) in [7, 11) is 0. The Kier molecular flexibility index (Phi) is 7.19. The van der Waals surface area contributed by atoms with E-state index in [0.717, 1.165) is 69.6 Å². The van der Waals surface area contributed by atoms with E-state index in [4.69, 9.17) is 4.74 Å². The van der Waals surface area contributed by atoms with Gasteiger partial charge in [-0.3, -0.25) is 9.36 Å². The average Bonchev–Trinajstić information content (AvgIpc) is 3.35. The molecule has 0 radical (unpaired) electrons. The van der Waals surface area contributed by atoms with E-state index in [2.05, 4.69) is 45.3 Å². The molecule has 208 valence electrons. The minimum Gasteiger partial charge on any atom is -0.439 e. The van der Waals surface area contributed by atoms with E-state index in [0.29, 0.717) is 16.2 Å². The van der Waals surface area contributed by atoms with Crippen molar-refractivity contribution in [3.63, 3.8) is 0 Å². The van der Waals surface area contributed by atoms with Crippen LogP contribution in [0.5, 0.6) is 11.6 Å². The Morgan fingerprint density at radius 3 is 2.63 bits per heavy atom. The van der Waals surface area contributed by atoms with Gasteiger partial charge in [-0.1, -0.05) is 50.8 Å². The second kappa shape index (κ2) is 11.1. The molecular formula is C32H32N6O2S. The first kappa shape index (κ1) is 26.6. The van der Waals surface area contributed by atoms with Crippen LogP contribution < -0.4 is 20.9 Å². The minimum atomic E-state index is -0.120. The Morgan fingerprint density at radius 2 is 1.90 bits per heavy atom. The summed E-state index contributed by atoms with van der Waals surface area (Å²) < 4.78 is 7.95. The first-order valence-electron chi connectivity index (χ1n) is 13.7. The van der Waals surface area contributed by atoms with Crippen LogP contribution in [0.25, 0.3) is 33.5 Å². The van der Waals surface area contributed by atoms with E-state index in [9.17, 15) is 4.79 Å². The molecule has 1 saturated carbocycles. The van der Waals surface area contributed by atoms with Gasteiger partial charge < -0.3 is 20.4 Å². The summed E-state index contributed by atoms with van der Waals surface area (Å²) in [6, 6.07) is 13.5. The Balaban J connectivity index is 1.35. The quantitative estimate of drug-likeness (QED) is 0.198. The SMILES string of the molecule is C=CC(=C)NC1CCCC[C@H]1NC(=O)c1sc2nccc3c2c1[nH]c(=C)n3-c1cnc(Oc2ccccc2)cc1C. The molecule has 1 fully saturated rings. The van der Waals surface area contributed by atoms with Crippen molar-refractivity contribution in [2.24, 2.45) is 0 Å². The molecule has 4 aromatic heterocycles. The summed E-state index contributed by atoms with van der Waals surface area (Å²) in [4.78, 5) is 27.7. The first-order chi connectivity index (χ1) is 19.9. The van der Waals surface area contributed by atoms with Crippen molar-refractivity contribution in [3.05, 3.63) is 95.7 Å². The van der Waals surface area contributed by atoms with E-state index < -0.39 is 0 Å². The number of hydrogen-bond acceptors (Lipinski definition) is 6. The summed E-state index contributed by atoms with van der Waals surface area (Å²) in [6.45, 7) is 14.1. The van der Waals surface area contributed by atoms with Gasteiger partial charge in [0.1, 0.15) is 20.9 Å². The van der Waals surface area contributed by atoms with Crippen LogP contribution in [0, 0.1) is 6.92 Å². The number of allylic oxidation sites excluding steroid dienone is 1. The second-order valence-corrected chi connectivity index (χ2v) is 11.3. The summed E-state index contributed by atoms with van der Waals surface area (Å²) >= 11 is 1.38. The number of nitrogens with one attached hydrogen (secondary N) is 3. The highest BCUT2D eigenvalue weighted by atomic mass is 32.1. The van der Waals surface area contributed by atoms with E-state index in [1.165, 1.54) is 11.3 Å². The smallest absolute Gasteiger partial charge is 0.263 e. The van der Waals surface area contributed by atoms with Crippen LogP contribution >= 0.6 is 11.3 Å². The van der Waals surface area contributed by atoms with Crippen LogP contribution in [0.2, 0.25) is 0 Å². The highest BCUT2D eigenvalue weighted by Gasteiger charge is 2.29. The maximum Gasteiger partial charge on any atom is 0.263 e. The van der Waals surface area contributed by atoms with Gasteiger partial charge in [0.25, 0.3) is 5.91 Å². The summed E-state index contributed by atoms with van der Waals surface area (Å²) in [6.07, 6.45) is 9.31. The lowest BCUT2D eigenvalue weighted by atomic mass is 9.90. The Hall–Kier alpha value is -4.63. The third-order valence-corrected chi connectivity index (χ3v) is 8.62. The number of benzene rings is 1. The number of aryl methyl sites for hydroxylation is 1. The number of pyridine rings is 2. The number of amides is 1. The molecule has 5 aromatic rings. The number of hydrogen-bond donors (Lipinski definition) is 3. The fourth-order valence-corrected chi connectivity index (χ4v) is 6.54. The number of aromatic nitrogens is 4. The maximum atomic E-state index is 13.7. The Morgan fingerprint density at radius 1 is 1.15 bits per heavy atom. The van der Waals surface area contributed by atoms with E-state index >= 15 is 0 Å². The highest BCUT2D eigenvalue weighted by Crippen LogP contribution is 2.34. The first-order valence-corrected chi connectivity index (χ1v) is 14.5. The fraction of sp³-hybridized carbons (Fsp3) is 0.219. The zero-order valence-electron chi connectivity index (χ0n) is 22.9. The molecule has 0 saturated heterocycles. The minimum absolute atomic E-state index is 0.00794. The third-order valence-electron chi connectivity index (χ3n) is 7.52. The Bertz CT molecular complexity index is 1830. The lowest BCUT2D eigenvalue weighted by Gasteiger charge is -2.33. The molecule has 4 heterocycles. The topological polar surface area (TPSA) is 96.9 Å². The van der Waals surface area contributed by atoms with Crippen molar-refractivity contribution in [1.82, 2.24) is 30.2 Å². The highest BCUT2D eigenvalue weighted by molar-refractivity contribution is 7.21. The fourth-order valence-electron chi connectivity index (χ4n) is 5.52. The monoisotopic (exact) mass is 564 g/mol. The van der Waals surface area contributed by atoms with Gasteiger partial charge in [-0.05, 0) is 49.6 Å². The molecule has 0 bridgehead atoms. The van der Waals surface area contributed by atoms with Crippen LogP contribution in [0.4, 0.5) is 0 Å². The van der Waals surface area contributed by atoms with Crippen molar-refractivity contribution in [1.29, 1.82) is 0 Å². The molecule has 41 heavy (non-hydrogen) atoms. The van der Waals surface area contributed by atoms with Crippen LogP contribution in [-0.2, 0) is 0 Å². The number of thiophene rings is 1. The number of rotatable bonds is 8. The van der Waals surface area contributed by atoms with Gasteiger partial charge in [0.15, 0.2) is 0 Å². The van der Waals surface area contributed by atoms with Crippen LogP contribution in [0.1, 0.15) is 40.9 Å². The van der Waals surface area contributed by atoms with E-state index in [-0.39, 0.29) is 18.0 Å². The zero-order chi connectivity index (χ0) is 28.5. The molecule has 0 spiro atoms. The van der Waals surface area contributed by atoms with Gasteiger partial charge in [-0.25, -0.2) is 9.97 Å². The molecule has 3 N–H and O–H groups in total. The van der Waals surface area contributed by atoms with Crippen molar-refractivity contribution in [2.45, 2.75) is 44.7 Å². The second-order valence-electron chi connectivity index (χ2n) is 10.3. The van der Waals surface area contributed by atoms with Crippen molar-refractivity contribution >= 4 is 45.1 Å². The van der Waals surface area contributed by atoms with Gasteiger partial charge in [-0.15, -0.1) is 11.3 Å². The van der Waals surface area contributed by atoms with Crippen LogP contribution in [-0.4, -0.2) is 37.5 Å². The lowest BCUT2D eigenvalue weighted by molar-refractivity contribution is 0.0922. The number of para-hydroxylation sites is 1. The third kappa shape index (κ3) is 5.16. The van der Waals surface area contributed by atoms with Gasteiger partial charge in [0.05, 0.1) is 28.3 Å². The summed E-state index contributed by atoms with van der Waals surface area (Å²) in [5.74, 6) is 1.11. The molecule has 9 heteroatoms. The molecule has 6 rings (SSSR count). The number of aromatic amines is 1. The molecule has 1 aliphatic rings. The summed E-state index contributed by atoms with van der Waals surface area (Å²) in [5, 5.41) is 7.59. The maximum absolute atomic E-state index is 13.7. The van der Waals surface area contributed by atoms with Crippen molar-refractivity contribution in [3.8, 4) is 17.3 Å². The normalized spacial score (nSPS) is 16.9. The molecule has 8 nitrogen and oxygen atoms in total. The molecule has 1 aromatic carbocycles. The largest absolute Gasteiger partial charge is 0.439 e. The molecule has 0 aliphatic heterocycles. The number of carbonyl (C=O) groups is 1. The van der Waals surface area contributed by atoms with Crippen LogP contribution in [0.15, 0.2) is 79.8 Å². The molecule has 1 unspecified atom stereocenters. The molecule has 1 aliphatic carbocycles. The Labute approximate surface area is 242 Å². The number of H-pyrrole nitrogens is 1. The predicted octanol–water partition coefficient (Wildman–Crippen LogP) is 6.09. The lowest BCUT2D eigenvalue weighted by Crippen LogP contribution is -2.51.